The Morgan fingerprint density at radius 1 is 1.40 bits per heavy atom. The zero-order chi connectivity index (χ0) is 13.9. The molecule has 0 bridgehead atoms. The predicted octanol–water partition coefficient (Wildman–Crippen LogP) is 4.48. The van der Waals surface area contributed by atoms with Crippen molar-refractivity contribution in [2.75, 3.05) is 0 Å². The van der Waals surface area contributed by atoms with Gasteiger partial charge in [-0.3, -0.25) is 0 Å². The zero-order valence-corrected chi connectivity index (χ0v) is 12.4. The molecule has 0 N–H and O–H groups in total. The van der Waals surface area contributed by atoms with Crippen LogP contribution in [0.2, 0.25) is 4.34 Å². The average molecular weight is 326 g/mol. The second-order valence-corrected chi connectivity index (χ2v) is 6.50. The summed E-state index contributed by atoms with van der Waals surface area (Å²) < 4.78 is 10.9. The molecule has 0 amide bonds. The summed E-state index contributed by atoms with van der Waals surface area (Å²) in [6, 6.07) is 8.93. The topological polar surface area (TPSA) is 52.3 Å². The molecule has 0 aliphatic rings. The fourth-order valence-corrected chi connectivity index (χ4v) is 3.16. The summed E-state index contributed by atoms with van der Waals surface area (Å²) >= 11 is 8.51. The Hall–Kier alpha value is -1.63. The van der Waals surface area contributed by atoms with Crippen LogP contribution in [0, 0.1) is 0 Å². The van der Waals surface area contributed by atoms with Crippen molar-refractivity contribution in [3.8, 4) is 10.6 Å². The van der Waals surface area contributed by atoms with Gasteiger partial charge in [0.2, 0.25) is 0 Å². The van der Waals surface area contributed by atoms with Gasteiger partial charge in [0, 0.05) is 6.07 Å². The van der Waals surface area contributed by atoms with E-state index in [0.29, 0.717) is 20.7 Å². The Labute approximate surface area is 127 Å². The van der Waals surface area contributed by atoms with Crippen molar-refractivity contribution < 1.29 is 14.1 Å². The normalized spacial score (nSPS) is 10.7. The van der Waals surface area contributed by atoms with Crippen LogP contribution in [0.4, 0.5) is 0 Å². The first-order chi connectivity index (χ1) is 9.72. The van der Waals surface area contributed by atoms with E-state index < -0.39 is 5.97 Å². The van der Waals surface area contributed by atoms with Crippen LogP contribution in [0.1, 0.15) is 15.4 Å². The molecule has 0 saturated carbocycles. The van der Waals surface area contributed by atoms with Crippen LogP contribution < -0.4 is 0 Å². The number of thiophene rings is 2. The lowest BCUT2D eigenvalue weighted by Crippen LogP contribution is -2.03. The van der Waals surface area contributed by atoms with Crippen molar-refractivity contribution in [1.82, 2.24) is 5.16 Å². The van der Waals surface area contributed by atoms with Crippen LogP contribution in [0.25, 0.3) is 10.6 Å². The number of hydrogen-bond donors (Lipinski definition) is 0. The molecule has 0 spiro atoms. The van der Waals surface area contributed by atoms with E-state index in [2.05, 4.69) is 5.16 Å². The van der Waals surface area contributed by atoms with Gasteiger partial charge in [0.25, 0.3) is 0 Å². The predicted molar refractivity (Wildman–Crippen MR) is 78.3 cm³/mol. The average Bonchev–Trinajstić information content (AvgIpc) is 3.16. The monoisotopic (exact) mass is 325 g/mol. The molecule has 3 rings (SSSR count). The molecule has 7 heteroatoms. The second-order valence-electron chi connectivity index (χ2n) is 3.84. The molecule has 0 aliphatic carbocycles. The standard InChI is InChI=1S/C13H8ClNO3S2/c14-12-4-3-11(20-12)13(16)17-7-8-6-9(18-15-8)10-2-1-5-19-10/h1-6H,7H2. The third-order valence-corrected chi connectivity index (χ3v) is 4.54. The van der Waals surface area contributed by atoms with Gasteiger partial charge in [0.05, 0.1) is 9.21 Å². The van der Waals surface area contributed by atoms with Crippen LogP contribution in [0.15, 0.2) is 40.2 Å². The SMILES string of the molecule is O=C(OCc1cc(-c2cccs2)on1)c1ccc(Cl)s1. The summed E-state index contributed by atoms with van der Waals surface area (Å²) in [7, 11) is 0. The number of rotatable bonds is 4. The number of esters is 1. The Bertz CT molecular complexity index is 718. The number of halogens is 1. The summed E-state index contributed by atoms with van der Waals surface area (Å²) in [5.41, 5.74) is 0.574. The van der Waals surface area contributed by atoms with Crippen molar-refractivity contribution in [2.45, 2.75) is 6.61 Å². The molecular formula is C13H8ClNO3S2. The van der Waals surface area contributed by atoms with Crippen LogP contribution in [0.3, 0.4) is 0 Å². The minimum absolute atomic E-state index is 0.0726. The van der Waals surface area contributed by atoms with Crippen molar-refractivity contribution >= 4 is 40.2 Å². The third-order valence-electron chi connectivity index (χ3n) is 2.45. The highest BCUT2D eigenvalue weighted by Crippen LogP contribution is 2.26. The van der Waals surface area contributed by atoms with E-state index in [1.165, 1.54) is 11.3 Å². The van der Waals surface area contributed by atoms with Gasteiger partial charge in [0.15, 0.2) is 5.76 Å². The number of carbonyl (C=O) groups is 1. The van der Waals surface area contributed by atoms with Gasteiger partial charge < -0.3 is 9.26 Å². The lowest BCUT2D eigenvalue weighted by molar-refractivity contribution is 0.0470. The molecule has 0 atom stereocenters. The Balaban J connectivity index is 1.63. The van der Waals surface area contributed by atoms with Crippen LogP contribution in [0.5, 0.6) is 0 Å². The van der Waals surface area contributed by atoms with E-state index >= 15 is 0 Å². The zero-order valence-electron chi connectivity index (χ0n) is 10.0. The van der Waals surface area contributed by atoms with E-state index in [4.69, 9.17) is 20.9 Å². The highest BCUT2D eigenvalue weighted by atomic mass is 35.5. The smallest absolute Gasteiger partial charge is 0.348 e. The summed E-state index contributed by atoms with van der Waals surface area (Å²) in [5.74, 6) is 0.257. The van der Waals surface area contributed by atoms with Gasteiger partial charge in [-0.25, -0.2) is 4.79 Å². The number of carbonyl (C=O) groups excluding carboxylic acids is 1. The maximum Gasteiger partial charge on any atom is 0.348 e. The molecule has 0 fully saturated rings. The van der Waals surface area contributed by atoms with Gasteiger partial charge in [-0.15, -0.1) is 22.7 Å². The minimum Gasteiger partial charge on any atom is -0.455 e. The quantitative estimate of drug-likeness (QED) is 0.664. The fraction of sp³-hybridized carbons (Fsp3) is 0.0769. The van der Waals surface area contributed by atoms with E-state index in [9.17, 15) is 4.79 Å². The van der Waals surface area contributed by atoms with Crippen LogP contribution >= 0.6 is 34.3 Å². The van der Waals surface area contributed by atoms with Crippen molar-refractivity contribution in [3.63, 3.8) is 0 Å². The molecule has 3 heterocycles. The minimum atomic E-state index is -0.414. The molecular weight excluding hydrogens is 318 g/mol. The Kier molecular flexibility index (Phi) is 3.86. The van der Waals surface area contributed by atoms with E-state index in [0.717, 1.165) is 4.88 Å². The first kappa shape index (κ1) is 13.4. The van der Waals surface area contributed by atoms with Gasteiger partial charge in [0.1, 0.15) is 17.2 Å². The van der Waals surface area contributed by atoms with Gasteiger partial charge in [-0.05, 0) is 23.6 Å². The maximum atomic E-state index is 11.7. The maximum absolute atomic E-state index is 11.7. The molecule has 102 valence electrons. The molecule has 0 radical (unpaired) electrons. The van der Waals surface area contributed by atoms with Gasteiger partial charge in [-0.2, -0.15) is 0 Å². The lowest BCUT2D eigenvalue weighted by Gasteiger charge is -1.98. The van der Waals surface area contributed by atoms with Crippen molar-refractivity contribution in [2.24, 2.45) is 0 Å². The van der Waals surface area contributed by atoms with E-state index in [1.54, 1.807) is 29.5 Å². The highest BCUT2D eigenvalue weighted by Gasteiger charge is 2.13. The number of nitrogens with zero attached hydrogens (tertiary/aromatic N) is 1. The van der Waals surface area contributed by atoms with Gasteiger partial charge >= 0.3 is 5.97 Å². The summed E-state index contributed by atoms with van der Waals surface area (Å²) in [6.45, 7) is 0.0726. The van der Waals surface area contributed by atoms with Crippen molar-refractivity contribution in [1.29, 1.82) is 0 Å². The first-order valence-corrected chi connectivity index (χ1v) is 7.72. The number of ether oxygens (including phenoxy) is 1. The molecule has 3 aromatic heterocycles. The number of hydrogen-bond acceptors (Lipinski definition) is 6. The lowest BCUT2D eigenvalue weighted by atomic mass is 10.3. The highest BCUT2D eigenvalue weighted by molar-refractivity contribution is 7.17. The molecule has 0 aromatic carbocycles. The molecule has 3 aromatic rings. The van der Waals surface area contributed by atoms with Crippen LogP contribution in [-0.4, -0.2) is 11.1 Å². The molecule has 4 nitrogen and oxygen atoms in total. The Morgan fingerprint density at radius 2 is 2.30 bits per heavy atom. The van der Waals surface area contributed by atoms with E-state index in [-0.39, 0.29) is 6.61 Å². The Morgan fingerprint density at radius 3 is 3.00 bits per heavy atom. The fourth-order valence-electron chi connectivity index (χ4n) is 1.55. The molecule has 0 unspecified atom stereocenters. The third kappa shape index (κ3) is 2.92. The summed E-state index contributed by atoms with van der Waals surface area (Å²) in [6.07, 6.45) is 0. The summed E-state index contributed by atoms with van der Waals surface area (Å²) in [5, 5.41) is 5.83. The van der Waals surface area contributed by atoms with Crippen molar-refractivity contribution in [3.05, 3.63) is 50.6 Å². The summed E-state index contributed by atoms with van der Waals surface area (Å²) in [4.78, 5) is 13.2. The molecule has 0 aliphatic heterocycles. The second kappa shape index (κ2) is 5.78. The first-order valence-electron chi connectivity index (χ1n) is 5.64. The molecule has 20 heavy (non-hydrogen) atoms. The van der Waals surface area contributed by atoms with Gasteiger partial charge in [-0.1, -0.05) is 22.8 Å². The van der Waals surface area contributed by atoms with E-state index in [1.807, 2.05) is 17.5 Å². The molecule has 0 saturated heterocycles. The largest absolute Gasteiger partial charge is 0.455 e. The number of aromatic nitrogens is 1. The van der Waals surface area contributed by atoms with Crippen LogP contribution in [-0.2, 0) is 11.3 Å².